The summed E-state index contributed by atoms with van der Waals surface area (Å²) in [5.41, 5.74) is 0.891. The highest BCUT2D eigenvalue weighted by Gasteiger charge is 2.58. The molecule has 4 nitrogen and oxygen atoms in total. The molecule has 27 heavy (non-hydrogen) atoms. The van der Waals surface area contributed by atoms with Crippen LogP contribution in [0.5, 0.6) is 0 Å². The van der Waals surface area contributed by atoms with Gasteiger partial charge in [-0.1, -0.05) is 36.4 Å². The van der Waals surface area contributed by atoms with Crippen LogP contribution >= 0.6 is 0 Å². The topological polar surface area (TPSA) is 55.7 Å². The minimum Gasteiger partial charge on any atom is -0.457 e. The summed E-state index contributed by atoms with van der Waals surface area (Å²) in [4.78, 5) is 0. The van der Waals surface area contributed by atoms with Gasteiger partial charge in [0.2, 0.25) is 0 Å². The van der Waals surface area contributed by atoms with E-state index in [0.29, 0.717) is 0 Å². The van der Waals surface area contributed by atoms with Crippen molar-refractivity contribution in [3.05, 3.63) is 72.2 Å². The lowest BCUT2D eigenvalue weighted by atomic mass is 9.76. The molecule has 0 amide bonds. The number of ether oxygens (including phenoxy) is 1. The Labute approximate surface area is 156 Å². The summed E-state index contributed by atoms with van der Waals surface area (Å²) in [5, 5.41) is 12.5. The Balaban J connectivity index is 1.61. The quantitative estimate of drug-likeness (QED) is 0.548. The van der Waals surface area contributed by atoms with Crippen molar-refractivity contribution in [1.29, 1.82) is 0 Å². The van der Waals surface area contributed by atoms with E-state index in [0.717, 1.165) is 52.7 Å². The molecular formula is C23H20O4. The number of hydrogen-bond donors (Lipinski definition) is 1. The summed E-state index contributed by atoms with van der Waals surface area (Å²) in [6, 6.07) is 20.1. The van der Waals surface area contributed by atoms with Gasteiger partial charge in [-0.25, -0.2) is 0 Å². The zero-order valence-corrected chi connectivity index (χ0v) is 14.8. The van der Waals surface area contributed by atoms with Crippen LogP contribution in [0, 0.1) is 5.92 Å². The maximum Gasteiger partial charge on any atom is 0.186 e. The first-order valence-corrected chi connectivity index (χ1v) is 9.58. The van der Waals surface area contributed by atoms with Gasteiger partial charge in [-0.3, -0.25) is 0 Å². The van der Waals surface area contributed by atoms with E-state index >= 15 is 0 Å². The van der Waals surface area contributed by atoms with E-state index < -0.39 is 11.7 Å². The maximum absolute atomic E-state index is 10.4. The van der Waals surface area contributed by atoms with Gasteiger partial charge < -0.3 is 18.7 Å². The molecule has 2 fully saturated rings. The summed E-state index contributed by atoms with van der Waals surface area (Å²) in [6.45, 7) is 0. The molecule has 2 aliphatic rings. The number of rotatable bonds is 2. The fourth-order valence-corrected chi connectivity index (χ4v) is 4.91. The highest BCUT2D eigenvalue weighted by molar-refractivity contribution is 5.80. The number of aliphatic hydroxyl groups excluding tert-OH is 1. The molecule has 2 bridgehead atoms. The summed E-state index contributed by atoms with van der Waals surface area (Å²) in [5.74, 6) is 1.75. The van der Waals surface area contributed by atoms with Crippen LogP contribution in [-0.2, 0) is 10.3 Å². The van der Waals surface area contributed by atoms with Crippen molar-refractivity contribution in [2.45, 2.75) is 37.1 Å². The first-order chi connectivity index (χ1) is 13.2. The Morgan fingerprint density at radius 2 is 1.41 bits per heavy atom. The molecule has 0 radical (unpaired) electrons. The number of para-hydroxylation sites is 2. The van der Waals surface area contributed by atoms with E-state index in [4.69, 9.17) is 13.6 Å². The third kappa shape index (κ3) is 2.11. The molecule has 1 unspecified atom stereocenters. The Kier molecular flexibility index (Phi) is 3.14. The highest BCUT2D eigenvalue weighted by Crippen LogP contribution is 2.55. The average Bonchev–Trinajstić information content (AvgIpc) is 3.38. The predicted molar refractivity (Wildman–Crippen MR) is 101 cm³/mol. The molecule has 2 aromatic carbocycles. The first kappa shape index (κ1) is 15.5. The maximum atomic E-state index is 10.4. The number of fused-ring (bicyclic) bond motifs is 4. The van der Waals surface area contributed by atoms with Gasteiger partial charge in [0.05, 0.1) is 12.2 Å². The second kappa shape index (κ2) is 5.47. The average molecular weight is 360 g/mol. The minimum atomic E-state index is -0.791. The molecule has 1 N–H and O–H groups in total. The molecule has 1 aliphatic carbocycles. The smallest absolute Gasteiger partial charge is 0.186 e. The summed E-state index contributed by atoms with van der Waals surface area (Å²) >= 11 is 0. The second-order valence-corrected chi connectivity index (χ2v) is 7.77. The van der Waals surface area contributed by atoms with Gasteiger partial charge in [-0.2, -0.15) is 0 Å². The molecule has 3 atom stereocenters. The Morgan fingerprint density at radius 3 is 1.96 bits per heavy atom. The SMILES string of the molecule is OC1CC[C@H]2C[C@@H]1OC2(c1cc2ccccc2o1)c1cc2ccccc2o1. The molecular weight excluding hydrogens is 340 g/mol. The van der Waals surface area contributed by atoms with Crippen molar-refractivity contribution in [2.75, 3.05) is 0 Å². The van der Waals surface area contributed by atoms with Crippen LogP contribution in [0.1, 0.15) is 30.8 Å². The molecule has 4 aromatic rings. The number of aliphatic hydroxyl groups is 1. The van der Waals surface area contributed by atoms with Gasteiger partial charge in [0.15, 0.2) is 5.60 Å². The number of furan rings is 2. The van der Waals surface area contributed by atoms with Crippen molar-refractivity contribution in [3.8, 4) is 0 Å². The van der Waals surface area contributed by atoms with Crippen LogP contribution in [-0.4, -0.2) is 17.3 Å². The van der Waals surface area contributed by atoms with Gasteiger partial charge in [-0.05, 0) is 43.5 Å². The molecule has 1 saturated carbocycles. The number of hydrogen-bond acceptors (Lipinski definition) is 4. The number of benzene rings is 2. The molecule has 0 spiro atoms. The van der Waals surface area contributed by atoms with E-state index in [1.165, 1.54) is 0 Å². The van der Waals surface area contributed by atoms with E-state index in [-0.39, 0.29) is 12.0 Å². The summed E-state index contributed by atoms with van der Waals surface area (Å²) in [7, 11) is 0. The van der Waals surface area contributed by atoms with Gasteiger partial charge >= 0.3 is 0 Å². The Morgan fingerprint density at radius 1 is 0.815 bits per heavy atom. The normalized spacial score (nSPS) is 26.8. The van der Waals surface area contributed by atoms with Gasteiger partial charge in [0, 0.05) is 16.7 Å². The molecule has 3 heterocycles. The van der Waals surface area contributed by atoms with Crippen molar-refractivity contribution in [2.24, 2.45) is 5.92 Å². The third-order valence-electron chi connectivity index (χ3n) is 6.25. The van der Waals surface area contributed by atoms with E-state index in [1.54, 1.807) is 0 Å². The molecule has 6 rings (SSSR count). The molecule has 1 saturated heterocycles. The predicted octanol–water partition coefficient (Wildman–Crippen LogP) is 4.98. The minimum absolute atomic E-state index is 0.190. The van der Waals surface area contributed by atoms with Crippen LogP contribution in [0.4, 0.5) is 0 Å². The van der Waals surface area contributed by atoms with Crippen LogP contribution < -0.4 is 0 Å². The molecule has 4 heteroatoms. The molecule has 136 valence electrons. The fourth-order valence-electron chi connectivity index (χ4n) is 4.91. The lowest BCUT2D eigenvalue weighted by Crippen LogP contribution is -2.32. The Hall–Kier alpha value is -2.56. The van der Waals surface area contributed by atoms with E-state index in [1.807, 2.05) is 48.5 Å². The van der Waals surface area contributed by atoms with Gasteiger partial charge in [0.1, 0.15) is 22.7 Å². The summed E-state index contributed by atoms with van der Waals surface area (Å²) in [6.07, 6.45) is 1.82. The van der Waals surface area contributed by atoms with Crippen molar-refractivity contribution in [1.82, 2.24) is 0 Å². The highest BCUT2D eigenvalue weighted by atomic mass is 16.6. The fraction of sp³-hybridized carbons (Fsp3) is 0.304. The van der Waals surface area contributed by atoms with Crippen molar-refractivity contribution >= 4 is 21.9 Å². The monoisotopic (exact) mass is 360 g/mol. The third-order valence-corrected chi connectivity index (χ3v) is 6.25. The second-order valence-electron chi connectivity index (χ2n) is 7.77. The van der Waals surface area contributed by atoms with Crippen LogP contribution in [0.15, 0.2) is 69.5 Å². The van der Waals surface area contributed by atoms with E-state index in [9.17, 15) is 5.11 Å². The Bertz CT molecular complexity index is 997. The zero-order chi connectivity index (χ0) is 18.0. The zero-order valence-electron chi connectivity index (χ0n) is 14.8. The lowest BCUT2D eigenvalue weighted by molar-refractivity contribution is -0.0837. The summed E-state index contributed by atoms with van der Waals surface area (Å²) < 4.78 is 19.1. The van der Waals surface area contributed by atoms with Gasteiger partial charge in [0.25, 0.3) is 0 Å². The molecule has 1 aliphatic heterocycles. The standard InChI is InChI=1S/C23H20O4/c24-17-10-9-16-13-20(17)27-23(16,21-11-14-5-1-3-7-18(14)25-21)22-12-15-6-2-4-8-19(15)26-22/h1-8,11-12,16-17,20,24H,9-10,13H2/t16-,17?,20-/m0/s1. The van der Waals surface area contributed by atoms with Crippen LogP contribution in [0.25, 0.3) is 21.9 Å². The first-order valence-electron chi connectivity index (χ1n) is 9.58. The van der Waals surface area contributed by atoms with Gasteiger partial charge in [-0.15, -0.1) is 0 Å². The lowest BCUT2D eigenvalue weighted by Gasteiger charge is -2.29. The van der Waals surface area contributed by atoms with Crippen molar-refractivity contribution < 1.29 is 18.7 Å². The van der Waals surface area contributed by atoms with Crippen molar-refractivity contribution in [3.63, 3.8) is 0 Å². The molecule has 2 aromatic heterocycles. The van der Waals surface area contributed by atoms with Crippen LogP contribution in [0.2, 0.25) is 0 Å². The van der Waals surface area contributed by atoms with Crippen LogP contribution in [0.3, 0.4) is 0 Å². The largest absolute Gasteiger partial charge is 0.457 e. The van der Waals surface area contributed by atoms with E-state index in [2.05, 4.69) is 12.1 Å².